The van der Waals surface area contributed by atoms with Gasteiger partial charge in [-0.2, -0.15) is 4.31 Å². The Morgan fingerprint density at radius 1 is 1.24 bits per heavy atom. The average Bonchev–Trinajstić information content (AvgIpc) is 2.96. The van der Waals surface area contributed by atoms with Crippen molar-refractivity contribution in [2.75, 3.05) is 24.2 Å². The van der Waals surface area contributed by atoms with Crippen LogP contribution in [0.5, 0.6) is 0 Å². The lowest BCUT2D eigenvalue weighted by Gasteiger charge is -2.20. The van der Waals surface area contributed by atoms with Gasteiger partial charge in [-0.1, -0.05) is 54.5 Å². The molecule has 158 valence electrons. The zero-order valence-corrected chi connectivity index (χ0v) is 19.3. The van der Waals surface area contributed by atoms with E-state index in [1.54, 1.807) is 11.8 Å². The van der Waals surface area contributed by atoms with Gasteiger partial charge in [0, 0.05) is 18.8 Å². The molecule has 1 aromatic heterocycles. The molecule has 1 saturated heterocycles. The highest BCUT2D eigenvalue weighted by Crippen LogP contribution is 2.28. The maximum atomic E-state index is 13.0. The van der Waals surface area contributed by atoms with Crippen molar-refractivity contribution >= 4 is 55.8 Å². The lowest BCUT2D eigenvalue weighted by Crippen LogP contribution is -2.32. The SMILES string of the molecule is CCCSc1nnc(NC(=O)c2cc(S(=O)(=O)N3CCCCCC3)ccc2Cl)s1. The molecule has 0 aliphatic carbocycles. The van der Waals surface area contributed by atoms with Crippen LogP contribution in [0.15, 0.2) is 27.4 Å². The van der Waals surface area contributed by atoms with E-state index >= 15 is 0 Å². The van der Waals surface area contributed by atoms with E-state index in [9.17, 15) is 13.2 Å². The number of aromatic nitrogens is 2. The van der Waals surface area contributed by atoms with E-state index in [4.69, 9.17) is 11.6 Å². The Morgan fingerprint density at radius 3 is 2.66 bits per heavy atom. The van der Waals surface area contributed by atoms with Crippen molar-refractivity contribution in [3.8, 4) is 0 Å². The lowest BCUT2D eigenvalue weighted by atomic mass is 10.2. The van der Waals surface area contributed by atoms with Crippen LogP contribution in [0, 0.1) is 0 Å². The van der Waals surface area contributed by atoms with Gasteiger partial charge in [0.25, 0.3) is 5.91 Å². The number of halogens is 1. The van der Waals surface area contributed by atoms with Crippen molar-refractivity contribution in [2.45, 2.75) is 48.3 Å². The molecule has 3 rings (SSSR count). The van der Waals surface area contributed by atoms with E-state index in [1.165, 1.54) is 33.8 Å². The van der Waals surface area contributed by atoms with E-state index < -0.39 is 15.9 Å². The molecule has 0 spiro atoms. The zero-order valence-electron chi connectivity index (χ0n) is 16.1. The van der Waals surface area contributed by atoms with Gasteiger partial charge < -0.3 is 0 Å². The molecule has 2 heterocycles. The van der Waals surface area contributed by atoms with Gasteiger partial charge in [0.1, 0.15) is 0 Å². The Labute approximate surface area is 184 Å². The first kappa shape index (κ1) is 22.5. The van der Waals surface area contributed by atoms with E-state index in [-0.39, 0.29) is 15.5 Å². The van der Waals surface area contributed by atoms with Gasteiger partial charge in [0.2, 0.25) is 15.2 Å². The summed E-state index contributed by atoms with van der Waals surface area (Å²) in [6, 6.07) is 4.24. The van der Waals surface area contributed by atoms with E-state index in [0.29, 0.717) is 18.2 Å². The Balaban J connectivity index is 1.79. The molecule has 0 bridgehead atoms. The lowest BCUT2D eigenvalue weighted by molar-refractivity contribution is 0.102. The summed E-state index contributed by atoms with van der Waals surface area (Å²) in [6.07, 6.45) is 4.76. The van der Waals surface area contributed by atoms with Gasteiger partial charge in [0.15, 0.2) is 4.34 Å². The van der Waals surface area contributed by atoms with Gasteiger partial charge in [-0.25, -0.2) is 8.42 Å². The van der Waals surface area contributed by atoms with Crippen molar-refractivity contribution in [3.05, 3.63) is 28.8 Å². The van der Waals surface area contributed by atoms with Crippen LogP contribution in [0.4, 0.5) is 5.13 Å². The number of hydrogen-bond donors (Lipinski definition) is 1. The number of rotatable bonds is 7. The minimum atomic E-state index is -3.67. The predicted molar refractivity (Wildman–Crippen MR) is 118 cm³/mol. The van der Waals surface area contributed by atoms with Crippen molar-refractivity contribution in [3.63, 3.8) is 0 Å². The van der Waals surface area contributed by atoms with Crippen molar-refractivity contribution in [2.24, 2.45) is 0 Å². The number of carbonyl (C=O) groups is 1. The summed E-state index contributed by atoms with van der Waals surface area (Å²) < 4.78 is 28.3. The summed E-state index contributed by atoms with van der Waals surface area (Å²) in [5.74, 6) is 0.413. The summed E-state index contributed by atoms with van der Waals surface area (Å²) in [5.41, 5.74) is 0.0977. The normalized spacial score (nSPS) is 15.8. The summed E-state index contributed by atoms with van der Waals surface area (Å²) in [5, 5.41) is 11.2. The molecule has 0 unspecified atom stereocenters. The third-order valence-electron chi connectivity index (χ3n) is 4.44. The van der Waals surface area contributed by atoms with E-state index in [0.717, 1.165) is 42.2 Å². The number of carbonyl (C=O) groups excluding carboxylic acids is 1. The predicted octanol–water partition coefficient (Wildman–Crippen LogP) is 4.51. The van der Waals surface area contributed by atoms with Crippen LogP contribution in [-0.4, -0.2) is 47.7 Å². The molecule has 1 aromatic carbocycles. The Kier molecular flexibility index (Phi) is 7.92. The van der Waals surface area contributed by atoms with Crippen molar-refractivity contribution < 1.29 is 13.2 Å². The molecule has 0 radical (unpaired) electrons. The summed E-state index contributed by atoms with van der Waals surface area (Å²) in [6.45, 7) is 3.07. The maximum absolute atomic E-state index is 13.0. The number of amides is 1. The second kappa shape index (κ2) is 10.2. The number of sulfonamides is 1. The largest absolute Gasteiger partial charge is 0.296 e. The molecule has 0 saturated carbocycles. The van der Waals surface area contributed by atoms with Crippen LogP contribution in [0.25, 0.3) is 0 Å². The van der Waals surface area contributed by atoms with E-state index in [2.05, 4.69) is 22.4 Å². The highest BCUT2D eigenvalue weighted by Gasteiger charge is 2.27. The minimum Gasteiger partial charge on any atom is -0.296 e. The number of benzene rings is 1. The van der Waals surface area contributed by atoms with Crippen LogP contribution in [0.2, 0.25) is 5.02 Å². The molecule has 7 nitrogen and oxygen atoms in total. The van der Waals surface area contributed by atoms with E-state index in [1.807, 2.05) is 0 Å². The fourth-order valence-electron chi connectivity index (χ4n) is 2.94. The van der Waals surface area contributed by atoms with Crippen molar-refractivity contribution in [1.82, 2.24) is 14.5 Å². The van der Waals surface area contributed by atoms with Crippen LogP contribution in [0.3, 0.4) is 0 Å². The summed E-state index contributed by atoms with van der Waals surface area (Å²) in [7, 11) is -3.67. The molecular weight excluding hydrogens is 452 g/mol. The maximum Gasteiger partial charge on any atom is 0.259 e. The van der Waals surface area contributed by atoms with Crippen LogP contribution in [0.1, 0.15) is 49.4 Å². The molecule has 1 N–H and O–H groups in total. The Bertz CT molecular complexity index is 957. The standard InChI is InChI=1S/C18H23ClN4O3S3/c1-2-11-27-18-22-21-17(28-18)20-16(24)14-12-13(7-8-15(14)19)29(25,26)23-9-5-3-4-6-10-23/h7-8,12H,2-6,9-11H2,1H3,(H,20,21,24). The molecule has 1 aliphatic rings. The fraction of sp³-hybridized carbons (Fsp3) is 0.500. The second-order valence-corrected chi connectivity index (χ2v) is 11.3. The molecule has 1 fully saturated rings. The number of nitrogens with one attached hydrogen (secondary N) is 1. The van der Waals surface area contributed by atoms with Gasteiger partial charge in [-0.05, 0) is 37.5 Å². The molecule has 1 aliphatic heterocycles. The third-order valence-corrected chi connectivity index (χ3v) is 8.84. The van der Waals surface area contributed by atoms with Gasteiger partial charge in [0.05, 0.1) is 15.5 Å². The fourth-order valence-corrected chi connectivity index (χ4v) is 6.36. The van der Waals surface area contributed by atoms with Crippen molar-refractivity contribution in [1.29, 1.82) is 0 Å². The van der Waals surface area contributed by atoms with Crippen LogP contribution < -0.4 is 5.32 Å². The first-order chi connectivity index (χ1) is 13.9. The number of hydrogen-bond acceptors (Lipinski definition) is 7. The van der Waals surface area contributed by atoms with Crippen LogP contribution in [-0.2, 0) is 10.0 Å². The molecular formula is C18H23ClN4O3S3. The Morgan fingerprint density at radius 2 is 1.97 bits per heavy atom. The summed E-state index contributed by atoms with van der Waals surface area (Å²) in [4.78, 5) is 12.8. The Hall–Kier alpha value is -1.20. The number of anilines is 1. The van der Waals surface area contributed by atoms with Gasteiger partial charge in [-0.15, -0.1) is 10.2 Å². The van der Waals surface area contributed by atoms with Gasteiger partial charge >= 0.3 is 0 Å². The first-order valence-electron chi connectivity index (χ1n) is 9.49. The highest BCUT2D eigenvalue weighted by atomic mass is 35.5. The first-order valence-corrected chi connectivity index (χ1v) is 13.1. The highest BCUT2D eigenvalue weighted by molar-refractivity contribution is 8.01. The average molecular weight is 475 g/mol. The smallest absolute Gasteiger partial charge is 0.259 e. The molecule has 29 heavy (non-hydrogen) atoms. The van der Waals surface area contributed by atoms with Gasteiger partial charge in [-0.3, -0.25) is 10.1 Å². The summed E-state index contributed by atoms with van der Waals surface area (Å²) >= 11 is 9.04. The minimum absolute atomic E-state index is 0.0744. The molecule has 1 amide bonds. The molecule has 2 aromatic rings. The number of nitrogens with zero attached hydrogens (tertiary/aromatic N) is 3. The quantitative estimate of drug-likeness (QED) is 0.468. The van der Waals surface area contributed by atoms with Crippen LogP contribution >= 0.6 is 34.7 Å². The number of thioether (sulfide) groups is 1. The third kappa shape index (κ3) is 5.69. The monoisotopic (exact) mass is 474 g/mol. The topological polar surface area (TPSA) is 92.3 Å². The molecule has 11 heteroatoms. The molecule has 0 atom stereocenters. The zero-order chi connectivity index (χ0) is 20.9. The second-order valence-electron chi connectivity index (χ2n) is 6.64.